The number of rotatable bonds is 6. The summed E-state index contributed by atoms with van der Waals surface area (Å²) in [4.78, 5) is 21.3. The first-order valence-corrected chi connectivity index (χ1v) is 13.2. The number of hydrogen-bond acceptors (Lipinski definition) is 7. The van der Waals surface area contributed by atoms with Gasteiger partial charge in [0.2, 0.25) is 0 Å². The highest BCUT2D eigenvalue weighted by Crippen LogP contribution is 2.22. The molecule has 1 amide bonds. The summed E-state index contributed by atoms with van der Waals surface area (Å²) in [5.41, 5.74) is 8.73. The molecule has 5 rings (SSSR count). The van der Waals surface area contributed by atoms with Crippen molar-refractivity contribution in [1.29, 1.82) is 0 Å². The maximum atomic E-state index is 13.3. The first kappa shape index (κ1) is 24.7. The van der Waals surface area contributed by atoms with E-state index in [4.69, 9.17) is 5.73 Å². The van der Waals surface area contributed by atoms with E-state index in [1.54, 1.807) is 37.6 Å². The first-order chi connectivity index (χ1) is 18.3. The molecule has 10 nitrogen and oxygen atoms in total. The third-order valence-electron chi connectivity index (χ3n) is 5.73. The Hall–Kier alpha value is -4.95. The lowest BCUT2D eigenvalue weighted by molar-refractivity contribution is 0.0950. The fourth-order valence-electron chi connectivity index (χ4n) is 3.82. The Balaban J connectivity index is 1.44. The highest BCUT2D eigenvalue weighted by Gasteiger charge is 2.22. The lowest BCUT2D eigenvalue weighted by atomic mass is 10.1. The molecular formula is C27H23N7O3S. The molecule has 0 fully saturated rings. The number of carbonyl (C=O) groups is 1. The second-order valence-corrected chi connectivity index (χ2v) is 10.5. The Bertz CT molecular complexity index is 1810. The van der Waals surface area contributed by atoms with E-state index in [-0.39, 0.29) is 34.2 Å². The van der Waals surface area contributed by atoms with Crippen LogP contribution in [0.5, 0.6) is 0 Å². The monoisotopic (exact) mass is 525 g/mol. The number of fused-ring (bicyclic) bond motifs is 1. The third kappa shape index (κ3) is 5.55. The standard InChI is InChI=1S/C27H23N7O3S/c1-33-11-9-23(32-33)18-38(36,37)24-6-5-22(15-21(24)4-2-19-3-7-25(28)30-16-19)27(35)31-17-20-8-12-34-13-10-29-26(34)14-20/h3,5-16H,17-18H2,1H3,(H2,28,30)(H,31,35). The van der Waals surface area contributed by atoms with Gasteiger partial charge in [-0.05, 0) is 54.1 Å². The summed E-state index contributed by atoms with van der Waals surface area (Å²) in [5, 5.41) is 7.05. The van der Waals surface area contributed by atoms with Gasteiger partial charge < -0.3 is 15.5 Å². The molecule has 38 heavy (non-hydrogen) atoms. The molecule has 0 aliphatic carbocycles. The molecule has 0 saturated carbocycles. The Morgan fingerprint density at radius 2 is 1.89 bits per heavy atom. The van der Waals surface area contributed by atoms with Crippen LogP contribution in [0.3, 0.4) is 0 Å². The third-order valence-corrected chi connectivity index (χ3v) is 7.43. The molecule has 0 aliphatic heterocycles. The van der Waals surface area contributed by atoms with Gasteiger partial charge in [0.05, 0.1) is 16.3 Å². The van der Waals surface area contributed by atoms with E-state index >= 15 is 0 Å². The average Bonchev–Trinajstić information content (AvgIpc) is 3.54. The van der Waals surface area contributed by atoms with Gasteiger partial charge >= 0.3 is 0 Å². The summed E-state index contributed by atoms with van der Waals surface area (Å²) in [6.07, 6.45) is 8.58. The molecule has 0 atom stereocenters. The fraction of sp³-hybridized carbons (Fsp3) is 0.111. The van der Waals surface area contributed by atoms with E-state index in [1.165, 1.54) is 29.1 Å². The van der Waals surface area contributed by atoms with Crippen LogP contribution in [0.1, 0.15) is 32.7 Å². The quantitative estimate of drug-likeness (QED) is 0.325. The fourth-order valence-corrected chi connectivity index (χ4v) is 5.24. The number of aromatic nitrogens is 5. The number of pyridine rings is 2. The van der Waals surface area contributed by atoms with Crippen LogP contribution in [0.4, 0.5) is 5.82 Å². The van der Waals surface area contributed by atoms with Crippen LogP contribution in [0.25, 0.3) is 5.65 Å². The molecule has 0 saturated heterocycles. The number of nitrogens with zero attached hydrogens (tertiary/aromatic N) is 5. The van der Waals surface area contributed by atoms with Crippen molar-refractivity contribution in [3.8, 4) is 11.8 Å². The van der Waals surface area contributed by atoms with E-state index in [0.717, 1.165) is 11.2 Å². The number of hydrogen-bond donors (Lipinski definition) is 2. The van der Waals surface area contributed by atoms with Gasteiger partial charge in [-0.25, -0.2) is 18.4 Å². The van der Waals surface area contributed by atoms with Crippen LogP contribution in [-0.4, -0.2) is 38.5 Å². The highest BCUT2D eigenvalue weighted by atomic mass is 32.2. The number of benzene rings is 1. The molecule has 0 spiro atoms. The number of aryl methyl sites for hydroxylation is 1. The highest BCUT2D eigenvalue weighted by molar-refractivity contribution is 7.90. The Morgan fingerprint density at radius 1 is 1.03 bits per heavy atom. The van der Waals surface area contributed by atoms with Crippen LogP contribution in [0.2, 0.25) is 0 Å². The van der Waals surface area contributed by atoms with E-state index in [2.05, 4.69) is 32.2 Å². The Kier molecular flexibility index (Phi) is 6.64. The summed E-state index contributed by atoms with van der Waals surface area (Å²) >= 11 is 0. The lowest BCUT2D eigenvalue weighted by Crippen LogP contribution is -2.23. The van der Waals surface area contributed by atoms with Gasteiger partial charge in [-0.3, -0.25) is 9.48 Å². The number of nitrogens with one attached hydrogen (secondary N) is 1. The number of nitrogen functional groups attached to an aromatic ring is 1. The van der Waals surface area contributed by atoms with Crippen molar-refractivity contribution < 1.29 is 13.2 Å². The van der Waals surface area contributed by atoms with Crippen molar-refractivity contribution in [1.82, 2.24) is 29.5 Å². The molecule has 11 heteroatoms. The molecular weight excluding hydrogens is 502 g/mol. The molecule has 0 bridgehead atoms. The smallest absolute Gasteiger partial charge is 0.251 e. The summed E-state index contributed by atoms with van der Waals surface area (Å²) < 4.78 is 30.0. The van der Waals surface area contributed by atoms with Crippen molar-refractivity contribution in [2.24, 2.45) is 7.05 Å². The van der Waals surface area contributed by atoms with Crippen LogP contribution >= 0.6 is 0 Å². The largest absolute Gasteiger partial charge is 0.384 e. The number of sulfone groups is 1. The van der Waals surface area contributed by atoms with Gasteiger partial charge in [-0.15, -0.1) is 0 Å². The maximum absolute atomic E-state index is 13.3. The maximum Gasteiger partial charge on any atom is 0.251 e. The second-order valence-electron chi connectivity index (χ2n) is 8.58. The number of anilines is 1. The van der Waals surface area contributed by atoms with Gasteiger partial charge in [0.15, 0.2) is 9.84 Å². The molecule has 4 heterocycles. The molecule has 0 unspecified atom stereocenters. The Labute approximate surface area is 219 Å². The molecule has 0 aliphatic rings. The van der Waals surface area contributed by atoms with E-state index in [9.17, 15) is 13.2 Å². The zero-order chi connectivity index (χ0) is 26.7. The normalized spacial score (nSPS) is 11.2. The van der Waals surface area contributed by atoms with Crippen molar-refractivity contribution in [2.75, 3.05) is 5.73 Å². The summed E-state index contributed by atoms with van der Waals surface area (Å²) in [6.45, 7) is 0.278. The number of nitrogens with two attached hydrogens (primary N) is 1. The summed E-state index contributed by atoms with van der Waals surface area (Å²) in [7, 11) is -2.09. The molecule has 3 N–H and O–H groups in total. The molecule has 4 aromatic heterocycles. The topological polar surface area (TPSA) is 137 Å². The summed E-state index contributed by atoms with van der Waals surface area (Å²) in [5.74, 6) is 5.51. The minimum Gasteiger partial charge on any atom is -0.384 e. The van der Waals surface area contributed by atoms with Gasteiger partial charge in [0, 0.05) is 61.3 Å². The van der Waals surface area contributed by atoms with Crippen LogP contribution in [0.15, 0.2) is 84.4 Å². The average molecular weight is 526 g/mol. The van der Waals surface area contributed by atoms with E-state index < -0.39 is 9.84 Å². The van der Waals surface area contributed by atoms with Crippen LogP contribution < -0.4 is 11.1 Å². The van der Waals surface area contributed by atoms with Gasteiger partial charge in [-0.2, -0.15) is 5.10 Å². The van der Waals surface area contributed by atoms with Crippen molar-refractivity contribution in [3.63, 3.8) is 0 Å². The number of carbonyl (C=O) groups excluding carboxylic acids is 1. The van der Waals surface area contributed by atoms with E-state index in [1.807, 2.05) is 28.9 Å². The van der Waals surface area contributed by atoms with Gasteiger partial charge in [0.1, 0.15) is 11.5 Å². The predicted molar refractivity (Wildman–Crippen MR) is 142 cm³/mol. The number of amides is 1. The molecule has 5 aromatic rings. The zero-order valence-electron chi connectivity index (χ0n) is 20.4. The van der Waals surface area contributed by atoms with Gasteiger partial charge in [0.25, 0.3) is 5.91 Å². The van der Waals surface area contributed by atoms with Crippen molar-refractivity contribution >= 4 is 27.2 Å². The Morgan fingerprint density at radius 3 is 2.66 bits per heavy atom. The van der Waals surface area contributed by atoms with Crippen LogP contribution in [0, 0.1) is 11.8 Å². The van der Waals surface area contributed by atoms with Crippen molar-refractivity contribution in [2.45, 2.75) is 17.2 Å². The zero-order valence-corrected chi connectivity index (χ0v) is 21.2. The van der Waals surface area contributed by atoms with Crippen LogP contribution in [-0.2, 0) is 29.2 Å². The minimum atomic E-state index is -3.81. The summed E-state index contributed by atoms with van der Waals surface area (Å²) in [6, 6.07) is 13.1. The first-order valence-electron chi connectivity index (χ1n) is 11.6. The second kappa shape index (κ2) is 10.2. The van der Waals surface area contributed by atoms with Crippen molar-refractivity contribution in [3.05, 3.63) is 107 Å². The van der Waals surface area contributed by atoms with Gasteiger partial charge in [-0.1, -0.05) is 11.8 Å². The lowest BCUT2D eigenvalue weighted by Gasteiger charge is -2.10. The van der Waals surface area contributed by atoms with E-state index in [0.29, 0.717) is 17.1 Å². The SMILES string of the molecule is Cn1ccc(CS(=O)(=O)c2ccc(C(=O)NCc3ccn4ccnc4c3)cc2C#Cc2ccc(N)nc2)n1. The molecule has 1 aromatic carbocycles. The predicted octanol–water partition coefficient (Wildman–Crippen LogP) is 2.35. The minimum absolute atomic E-state index is 0.0142. The molecule has 0 radical (unpaired) electrons. The number of imidazole rings is 1. The molecule has 190 valence electrons.